The molecule has 9 rings (SSSR count). The third kappa shape index (κ3) is 7.17. The van der Waals surface area contributed by atoms with E-state index in [4.69, 9.17) is 0 Å². The third-order valence-electron chi connectivity index (χ3n) is 13.0. The van der Waals surface area contributed by atoms with E-state index in [-0.39, 0.29) is 0 Å². The Morgan fingerprint density at radius 2 is 0.931 bits per heavy atom. The minimum absolute atomic E-state index is 0.477. The molecule has 0 aromatic heterocycles. The van der Waals surface area contributed by atoms with Crippen molar-refractivity contribution in [1.82, 2.24) is 0 Å². The standard InChI is InChI=1S/2C22H25.C12H9Si.Zr/c2*1-4-8-18-9-5-6-11-20(18)21-12-7-10-19-14-17(13-16(2)3)15-22(19)21;1-3-7-11-9(5-1)10-6-2-4-8-12(10)13-11;/h2*5-7,9-12,14-16H,4,8,13H2,1-3H3;1-7H,13H2;. The molecule has 1 aliphatic heterocycles. The van der Waals surface area contributed by atoms with Gasteiger partial charge in [0.1, 0.15) is 0 Å². The van der Waals surface area contributed by atoms with Crippen molar-refractivity contribution < 1.29 is 21.8 Å². The second-order valence-corrected chi connectivity index (χ2v) is 26.3. The van der Waals surface area contributed by atoms with Crippen LogP contribution in [0.4, 0.5) is 0 Å². The van der Waals surface area contributed by atoms with Gasteiger partial charge in [0.25, 0.3) is 0 Å². The fourth-order valence-corrected chi connectivity index (χ4v) is 24.8. The van der Waals surface area contributed by atoms with Gasteiger partial charge >= 0.3 is 362 Å². The summed E-state index contributed by atoms with van der Waals surface area (Å²) in [5.74, 6) is 1.18. The Balaban J connectivity index is 1.31. The van der Waals surface area contributed by atoms with Crippen LogP contribution in [0.15, 0.2) is 139 Å². The Kier molecular flexibility index (Phi) is 11.5. The number of aryl methyl sites for hydroxylation is 2. The molecule has 0 saturated heterocycles. The van der Waals surface area contributed by atoms with E-state index in [0.29, 0.717) is 19.1 Å². The van der Waals surface area contributed by atoms with Gasteiger partial charge in [-0.15, -0.1) is 0 Å². The van der Waals surface area contributed by atoms with E-state index >= 15 is 0 Å². The van der Waals surface area contributed by atoms with Crippen LogP contribution in [-0.2, 0) is 34.6 Å². The molecule has 0 nitrogen and oxygen atoms in total. The van der Waals surface area contributed by atoms with Gasteiger partial charge in [0.15, 0.2) is 0 Å². The molecular formula is C56H59SiZr. The molecule has 2 aliphatic carbocycles. The van der Waals surface area contributed by atoms with E-state index in [1.54, 1.807) is 41.5 Å². The number of hydrogen-bond donors (Lipinski definition) is 0. The van der Waals surface area contributed by atoms with Crippen LogP contribution in [0.5, 0.6) is 0 Å². The maximum atomic E-state index is 2.72. The Morgan fingerprint density at radius 1 is 0.483 bits per heavy atom. The molecule has 0 saturated carbocycles. The number of hydrogen-bond acceptors (Lipinski definition) is 0. The van der Waals surface area contributed by atoms with Crippen LogP contribution in [0.3, 0.4) is 0 Å². The van der Waals surface area contributed by atoms with E-state index in [1.807, 2.05) is 0 Å². The summed E-state index contributed by atoms with van der Waals surface area (Å²) in [6.07, 6.45) is 12.3. The summed E-state index contributed by atoms with van der Waals surface area (Å²) in [5.41, 5.74) is 21.4. The van der Waals surface area contributed by atoms with Crippen LogP contribution in [-0.4, -0.2) is 9.52 Å². The summed E-state index contributed by atoms with van der Waals surface area (Å²) in [6, 6.07) is 50.3. The van der Waals surface area contributed by atoms with Crippen LogP contribution in [0.25, 0.3) is 45.5 Å². The summed E-state index contributed by atoms with van der Waals surface area (Å²) in [7, 11) is -0.626. The van der Waals surface area contributed by atoms with Gasteiger partial charge in [-0.1, -0.05) is 0 Å². The normalized spacial score (nSPS) is 16.7. The molecule has 0 amide bonds. The van der Waals surface area contributed by atoms with Crippen LogP contribution in [0.2, 0.25) is 0 Å². The SMILES string of the molecule is CCCc1ccccc1-c1cccc2c1C=C(CC(C)C)[CH]2[Zr]([c]1cccc2c1[SiH2]c1ccccc1-2)[CH]1C(CC(C)C)=Cc2c(-c3ccccc3CCC)cccc21. The molecule has 6 aromatic carbocycles. The molecule has 0 fully saturated rings. The molecule has 291 valence electrons. The minimum atomic E-state index is -2.89. The number of fused-ring (bicyclic) bond motifs is 5. The molecule has 0 radical (unpaired) electrons. The second-order valence-electron chi connectivity index (χ2n) is 18.1. The first kappa shape index (κ1) is 39.4. The van der Waals surface area contributed by atoms with Crippen LogP contribution < -0.4 is 13.6 Å². The zero-order chi connectivity index (χ0) is 39.9. The van der Waals surface area contributed by atoms with Crippen LogP contribution in [0.1, 0.15) is 108 Å². The van der Waals surface area contributed by atoms with Gasteiger partial charge in [0, 0.05) is 0 Å². The first-order valence-corrected chi connectivity index (χ1v) is 27.7. The quantitative estimate of drug-likeness (QED) is 0.101. The van der Waals surface area contributed by atoms with Crippen LogP contribution in [0, 0.1) is 11.8 Å². The van der Waals surface area contributed by atoms with Crippen molar-refractivity contribution >= 4 is 35.3 Å². The number of benzene rings is 6. The molecule has 1 heterocycles. The van der Waals surface area contributed by atoms with Gasteiger partial charge in [-0.25, -0.2) is 0 Å². The van der Waals surface area contributed by atoms with Crippen molar-refractivity contribution in [2.24, 2.45) is 11.8 Å². The Labute approximate surface area is 359 Å². The van der Waals surface area contributed by atoms with Crippen molar-refractivity contribution in [3.8, 4) is 33.4 Å². The van der Waals surface area contributed by atoms with E-state index in [1.165, 1.54) is 50.1 Å². The van der Waals surface area contributed by atoms with Gasteiger partial charge in [0.05, 0.1) is 0 Å². The van der Waals surface area contributed by atoms with E-state index in [9.17, 15) is 0 Å². The molecule has 0 spiro atoms. The first-order valence-electron chi connectivity index (χ1n) is 22.3. The fourth-order valence-electron chi connectivity index (χ4n) is 10.9. The van der Waals surface area contributed by atoms with Crippen molar-refractivity contribution in [3.05, 3.63) is 172 Å². The van der Waals surface area contributed by atoms with Gasteiger partial charge < -0.3 is 0 Å². The average molecular weight is 851 g/mol. The first-order chi connectivity index (χ1) is 28.4. The zero-order valence-corrected chi connectivity index (χ0v) is 39.4. The molecule has 2 heteroatoms. The third-order valence-corrected chi connectivity index (χ3v) is 25.1. The van der Waals surface area contributed by atoms with Crippen molar-refractivity contribution in [2.75, 3.05) is 0 Å². The Bertz CT molecular complexity index is 2420. The van der Waals surface area contributed by atoms with E-state index < -0.39 is 31.3 Å². The van der Waals surface area contributed by atoms with Gasteiger partial charge in [0.2, 0.25) is 0 Å². The summed E-state index contributed by atoms with van der Waals surface area (Å²) >= 11 is -2.89. The summed E-state index contributed by atoms with van der Waals surface area (Å²) in [6.45, 7) is 14.4. The second kappa shape index (κ2) is 16.9. The summed E-state index contributed by atoms with van der Waals surface area (Å²) < 4.78 is 2.76. The van der Waals surface area contributed by atoms with Crippen LogP contribution >= 0.6 is 0 Å². The monoisotopic (exact) mass is 849 g/mol. The van der Waals surface area contributed by atoms with Gasteiger partial charge in [-0.3, -0.25) is 0 Å². The molecular weight excluding hydrogens is 792 g/mol. The Hall–Kier alpha value is -4.10. The molecule has 58 heavy (non-hydrogen) atoms. The van der Waals surface area contributed by atoms with E-state index in [0.717, 1.165) is 38.5 Å². The maximum absolute atomic E-state index is 2.89. The molecule has 2 atom stereocenters. The van der Waals surface area contributed by atoms with Crippen molar-refractivity contribution in [2.45, 2.75) is 87.3 Å². The fraction of sp³-hybridized carbons (Fsp3) is 0.286. The average Bonchev–Trinajstić information content (AvgIpc) is 3.90. The Morgan fingerprint density at radius 3 is 1.45 bits per heavy atom. The molecule has 0 N–H and O–H groups in total. The van der Waals surface area contributed by atoms with Crippen molar-refractivity contribution in [3.63, 3.8) is 0 Å². The molecule has 2 unspecified atom stereocenters. The number of rotatable bonds is 13. The van der Waals surface area contributed by atoms with Crippen molar-refractivity contribution in [1.29, 1.82) is 0 Å². The predicted octanol–water partition coefficient (Wildman–Crippen LogP) is 12.6. The summed E-state index contributed by atoms with van der Waals surface area (Å²) in [5, 5.41) is 3.40. The molecule has 6 aromatic rings. The zero-order valence-electron chi connectivity index (χ0n) is 35.5. The molecule has 3 aliphatic rings. The topological polar surface area (TPSA) is 0 Å². The van der Waals surface area contributed by atoms with Gasteiger partial charge in [-0.05, 0) is 0 Å². The molecule has 0 bridgehead atoms. The number of allylic oxidation sites excluding steroid dienone is 2. The van der Waals surface area contributed by atoms with E-state index in [2.05, 4.69) is 181 Å². The summed E-state index contributed by atoms with van der Waals surface area (Å²) in [4.78, 5) is 0. The predicted molar refractivity (Wildman–Crippen MR) is 251 cm³/mol. The van der Waals surface area contributed by atoms with Gasteiger partial charge in [-0.2, -0.15) is 0 Å².